The predicted molar refractivity (Wildman–Crippen MR) is 81.5 cm³/mol. The summed E-state index contributed by atoms with van der Waals surface area (Å²) >= 11 is 8.38. The zero-order valence-electron chi connectivity index (χ0n) is 9.96. The van der Waals surface area contributed by atoms with Crippen LogP contribution in [-0.4, -0.2) is 10.8 Å². The van der Waals surface area contributed by atoms with Crippen molar-refractivity contribution in [3.63, 3.8) is 0 Å². The molecule has 0 unspecified atom stereocenters. The first-order valence-electron chi connectivity index (χ1n) is 5.38. The summed E-state index contributed by atoms with van der Waals surface area (Å²) in [5.74, 6) is 0.0862. The second-order valence-electron chi connectivity index (χ2n) is 3.97. The lowest BCUT2D eigenvalue weighted by atomic mass is 10.1. The molecule has 0 atom stereocenters. The first-order valence-corrected chi connectivity index (χ1v) is 7.79. The van der Waals surface area contributed by atoms with Crippen LogP contribution in [0.15, 0.2) is 27.1 Å². The van der Waals surface area contributed by atoms with Crippen molar-refractivity contribution in [1.82, 2.24) is 4.98 Å². The molecule has 0 saturated carbocycles. The number of thiazole rings is 1. The van der Waals surface area contributed by atoms with Crippen molar-refractivity contribution in [3.8, 4) is 0 Å². The molecule has 0 amide bonds. The van der Waals surface area contributed by atoms with E-state index >= 15 is 0 Å². The number of Topliss-reactive ketones (excluding diaryl/α,β-unsaturated/α-hetero) is 1. The molecule has 0 aliphatic heterocycles. The summed E-state index contributed by atoms with van der Waals surface area (Å²) in [6.45, 7) is 3.99. The molecule has 0 fully saturated rings. The molecule has 2 nitrogen and oxygen atoms in total. The maximum absolute atomic E-state index is 12.2. The number of nitrogens with zero attached hydrogens (tertiary/aromatic N) is 1. The Morgan fingerprint density at radius 2 is 2.06 bits per heavy atom. The zero-order chi connectivity index (χ0) is 13.3. The van der Waals surface area contributed by atoms with Gasteiger partial charge in [-0.05, 0) is 32.0 Å². The molecule has 0 saturated heterocycles. The highest BCUT2D eigenvalue weighted by Gasteiger charge is 2.14. The Morgan fingerprint density at radius 3 is 2.61 bits per heavy atom. The molecule has 2 aromatic rings. The quantitative estimate of drug-likeness (QED) is 0.712. The van der Waals surface area contributed by atoms with Gasteiger partial charge >= 0.3 is 0 Å². The lowest BCUT2D eigenvalue weighted by Gasteiger charge is -2.02. The average molecular weight is 389 g/mol. The van der Waals surface area contributed by atoms with E-state index in [2.05, 4.69) is 36.8 Å². The maximum Gasteiger partial charge on any atom is 0.170 e. The monoisotopic (exact) mass is 387 g/mol. The number of carbonyl (C=O) groups is 1. The molecule has 1 aromatic heterocycles. The molecule has 0 spiro atoms. The van der Waals surface area contributed by atoms with E-state index in [-0.39, 0.29) is 5.78 Å². The van der Waals surface area contributed by atoms with Crippen LogP contribution in [0.1, 0.15) is 25.9 Å². The minimum atomic E-state index is 0.0862. The average Bonchev–Trinajstić information content (AvgIpc) is 2.57. The van der Waals surface area contributed by atoms with E-state index in [1.165, 1.54) is 4.88 Å². The Labute approximate surface area is 127 Å². The number of benzene rings is 1. The van der Waals surface area contributed by atoms with Gasteiger partial charge < -0.3 is 0 Å². The third kappa shape index (κ3) is 3.08. The molecule has 1 heterocycles. The van der Waals surface area contributed by atoms with Gasteiger partial charge in [-0.3, -0.25) is 4.79 Å². The number of hydrogen-bond acceptors (Lipinski definition) is 3. The Balaban J connectivity index is 2.22. The highest BCUT2D eigenvalue weighted by atomic mass is 79.9. The third-order valence-corrected chi connectivity index (χ3v) is 4.84. The van der Waals surface area contributed by atoms with Crippen LogP contribution < -0.4 is 0 Å². The highest BCUT2D eigenvalue weighted by Crippen LogP contribution is 2.24. The largest absolute Gasteiger partial charge is 0.294 e. The van der Waals surface area contributed by atoms with E-state index in [4.69, 9.17) is 0 Å². The predicted octanol–water partition coefficient (Wildman–Crippen LogP) is 4.71. The van der Waals surface area contributed by atoms with E-state index in [9.17, 15) is 4.79 Å². The Bertz CT molecular complexity index is 588. The van der Waals surface area contributed by atoms with Crippen molar-refractivity contribution < 1.29 is 4.79 Å². The standard InChI is InChI=1S/C13H11Br2NOS/c1-7-8(2)18-13(16-7)6-12(17)10-4-3-9(14)5-11(10)15/h3-5H,6H2,1-2H3. The fourth-order valence-corrected chi connectivity index (χ4v) is 3.76. The highest BCUT2D eigenvalue weighted by molar-refractivity contribution is 9.11. The minimum Gasteiger partial charge on any atom is -0.294 e. The molecular formula is C13H11Br2NOS. The maximum atomic E-state index is 12.2. The van der Waals surface area contributed by atoms with Crippen LogP contribution in [0.25, 0.3) is 0 Å². The van der Waals surface area contributed by atoms with E-state index in [1.54, 1.807) is 11.3 Å². The number of ketones is 1. The summed E-state index contributed by atoms with van der Waals surface area (Å²) in [6.07, 6.45) is 0.361. The van der Waals surface area contributed by atoms with Crippen LogP contribution in [-0.2, 0) is 6.42 Å². The molecule has 0 aliphatic rings. The van der Waals surface area contributed by atoms with E-state index in [0.29, 0.717) is 12.0 Å². The van der Waals surface area contributed by atoms with Gasteiger partial charge in [0.15, 0.2) is 5.78 Å². The lowest BCUT2D eigenvalue weighted by molar-refractivity contribution is 0.0992. The van der Waals surface area contributed by atoms with Crippen LogP contribution in [0, 0.1) is 13.8 Å². The molecule has 1 aromatic carbocycles. The van der Waals surface area contributed by atoms with Crippen LogP contribution in [0.5, 0.6) is 0 Å². The molecule has 5 heteroatoms. The van der Waals surface area contributed by atoms with Gasteiger partial charge in [-0.15, -0.1) is 11.3 Å². The van der Waals surface area contributed by atoms with E-state index in [0.717, 1.165) is 19.6 Å². The van der Waals surface area contributed by atoms with Crippen molar-refractivity contribution in [2.24, 2.45) is 0 Å². The van der Waals surface area contributed by atoms with Crippen molar-refractivity contribution in [1.29, 1.82) is 0 Å². The molecule has 0 bridgehead atoms. The van der Waals surface area contributed by atoms with Gasteiger partial charge in [0, 0.05) is 19.4 Å². The van der Waals surface area contributed by atoms with Gasteiger partial charge in [-0.1, -0.05) is 31.9 Å². The number of aromatic nitrogens is 1. The fraction of sp³-hybridized carbons (Fsp3) is 0.231. The smallest absolute Gasteiger partial charge is 0.170 e. The van der Waals surface area contributed by atoms with Crippen molar-refractivity contribution >= 4 is 49.0 Å². The molecule has 94 valence electrons. The van der Waals surface area contributed by atoms with Crippen LogP contribution in [0.3, 0.4) is 0 Å². The molecule has 0 radical (unpaired) electrons. The third-order valence-electron chi connectivity index (χ3n) is 2.62. The molecule has 18 heavy (non-hydrogen) atoms. The van der Waals surface area contributed by atoms with Gasteiger partial charge in [0.05, 0.1) is 12.1 Å². The molecular weight excluding hydrogens is 378 g/mol. The van der Waals surface area contributed by atoms with Gasteiger partial charge in [0.1, 0.15) is 5.01 Å². The second kappa shape index (κ2) is 5.63. The van der Waals surface area contributed by atoms with Gasteiger partial charge in [-0.2, -0.15) is 0 Å². The number of halogens is 2. The summed E-state index contributed by atoms with van der Waals surface area (Å²) in [5.41, 5.74) is 1.71. The van der Waals surface area contributed by atoms with Gasteiger partial charge in [0.2, 0.25) is 0 Å². The van der Waals surface area contributed by atoms with Crippen molar-refractivity contribution in [2.45, 2.75) is 20.3 Å². The Kier molecular flexibility index (Phi) is 4.35. The summed E-state index contributed by atoms with van der Waals surface area (Å²) in [7, 11) is 0. The first-order chi connectivity index (χ1) is 8.47. The van der Waals surface area contributed by atoms with Gasteiger partial charge in [-0.25, -0.2) is 4.98 Å². The van der Waals surface area contributed by atoms with Gasteiger partial charge in [0.25, 0.3) is 0 Å². The molecule has 2 rings (SSSR count). The lowest BCUT2D eigenvalue weighted by Crippen LogP contribution is -2.04. The number of aryl methyl sites for hydroxylation is 2. The van der Waals surface area contributed by atoms with Crippen molar-refractivity contribution in [2.75, 3.05) is 0 Å². The number of rotatable bonds is 3. The normalized spacial score (nSPS) is 10.7. The van der Waals surface area contributed by atoms with Crippen LogP contribution >= 0.6 is 43.2 Å². The topological polar surface area (TPSA) is 30.0 Å². The summed E-state index contributed by atoms with van der Waals surface area (Å²) in [5, 5.41) is 0.879. The van der Waals surface area contributed by atoms with E-state index < -0.39 is 0 Å². The molecule has 0 N–H and O–H groups in total. The van der Waals surface area contributed by atoms with Crippen LogP contribution in [0.2, 0.25) is 0 Å². The van der Waals surface area contributed by atoms with Crippen molar-refractivity contribution in [3.05, 3.63) is 48.3 Å². The van der Waals surface area contributed by atoms with E-state index in [1.807, 2.05) is 32.0 Å². The number of carbonyl (C=O) groups excluding carboxylic acids is 1. The first kappa shape index (κ1) is 13.9. The summed E-state index contributed by atoms with van der Waals surface area (Å²) < 4.78 is 1.76. The second-order valence-corrected chi connectivity index (χ2v) is 7.03. The Morgan fingerprint density at radius 1 is 1.33 bits per heavy atom. The summed E-state index contributed by atoms with van der Waals surface area (Å²) in [4.78, 5) is 17.8. The zero-order valence-corrected chi connectivity index (χ0v) is 13.9. The SMILES string of the molecule is Cc1nc(CC(=O)c2ccc(Br)cc2Br)sc1C. The number of hydrogen-bond donors (Lipinski definition) is 0. The fourth-order valence-electron chi connectivity index (χ4n) is 1.56. The summed E-state index contributed by atoms with van der Waals surface area (Å²) in [6, 6.07) is 5.58. The van der Waals surface area contributed by atoms with Crippen LogP contribution in [0.4, 0.5) is 0 Å². The Hall–Kier alpha value is -0.520. The molecule has 0 aliphatic carbocycles. The minimum absolute atomic E-state index is 0.0862.